The summed E-state index contributed by atoms with van der Waals surface area (Å²) in [6.45, 7) is 4.89. The molecule has 4 rings (SSSR count). The molecule has 0 radical (unpaired) electrons. The van der Waals surface area contributed by atoms with E-state index in [2.05, 4.69) is 59.2 Å². The highest BCUT2D eigenvalue weighted by molar-refractivity contribution is 5.85. The van der Waals surface area contributed by atoms with Crippen molar-refractivity contribution < 1.29 is 9.47 Å². The van der Waals surface area contributed by atoms with Crippen molar-refractivity contribution >= 4 is 12.4 Å². The molecule has 1 aliphatic heterocycles. The van der Waals surface area contributed by atoms with Crippen LogP contribution < -0.4 is 10.6 Å². The number of nitrogens with one attached hydrogen (secondary N) is 2. The molecular weight excluding hydrogens is 384 g/mol. The first kappa shape index (κ1) is 22.3. The SMILES string of the molecule is Cl.c1ccc(COCc2ccccc2CNC2CCCC2C2COCCN2)cc1. The summed E-state index contributed by atoms with van der Waals surface area (Å²) in [7, 11) is 0. The van der Waals surface area contributed by atoms with E-state index in [0.717, 1.165) is 26.3 Å². The Kier molecular flexibility index (Phi) is 8.96. The minimum atomic E-state index is 0. The molecule has 3 atom stereocenters. The number of ether oxygens (including phenoxy) is 2. The second-order valence-corrected chi connectivity index (χ2v) is 7.96. The minimum absolute atomic E-state index is 0. The van der Waals surface area contributed by atoms with Gasteiger partial charge in [0.2, 0.25) is 0 Å². The largest absolute Gasteiger partial charge is 0.379 e. The van der Waals surface area contributed by atoms with Crippen LogP contribution in [0.5, 0.6) is 0 Å². The van der Waals surface area contributed by atoms with E-state index in [4.69, 9.17) is 9.47 Å². The van der Waals surface area contributed by atoms with Gasteiger partial charge in [0.15, 0.2) is 0 Å². The Morgan fingerprint density at radius 3 is 2.55 bits per heavy atom. The van der Waals surface area contributed by atoms with Crippen molar-refractivity contribution in [2.45, 2.75) is 51.1 Å². The predicted octanol–water partition coefficient (Wildman–Crippen LogP) is 4.07. The Bertz CT molecular complexity index is 722. The van der Waals surface area contributed by atoms with Gasteiger partial charge in [-0.2, -0.15) is 0 Å². The molecule has 2 N–H and O–H groups in total. The van der Waals surface area contributed by atoms with Crippen molar-refractivity contribution in [2.24, 2.45) is 5.92 Å². The predicted molar refractivity (Wildman–Crippen MR) is 119 cm³/mol. The van der Waals surface area contributed by atoms with Crippen LogP contribution in [0.15, 0.2) is 54.6 Å². The number of halogens is 1. The first-order valence-electron chi connectivity index (χ1n) is 10.6. The normalized spacial score (nSPS) is 24.2. The lowest BCUT2D eigenvalue weighted by atomic mass is 9.93. The number of rotatable bonds is 8. The summed E-state index contributed by atoms with van der Waals surface area (Å²) in [5.74, 6) is 0.668. The van der Waals surface area contributed by atoms with Crippen molar-refractivity contribution in [3.05, 3.63) is 71.3 Å². The Morgan fingerprint density at radius 2 is 1.76 bits per heavy atom. The Labute approximate surface area is 180 Å². The van der Waals surface area contributed by atoms with Gasteiger partial charge in [0.05, 0.1) is 26.4 Å². The topological polar surface area (TPSA) is 42.5 Å². The van der Waals surface area contributed by atoms with Gasteiger partial charge < -0.3 is 20.1 Å². The maximum atomic E-state index is 5.98. The first-order valence-corrected chi connectivity index (χ1v) is 10.6. The summed E-state index contributed by atoms with van der Waals surface area (Å²) in [5, 5.41) is 7.50. The zero-order chi connectivity index (χ0) is 19.0. The lowest BCUT2D eigenvalue weighted by molar-refractivity contribution is 0.0524. The standard InChI is InChI=1S/C24H32N2O2.ClH/c1-2-7-19(8-3-1)16-28-17-21-10-5-4-9-20(21)15-26-23-12-6-11-22(23)24-18-27-14-13-25-24;/h1-5,7-10,22-26H,6,11-18H2;1H. The molecule has 29 heavy (non-hydrogen) atoms. The van der Waals surface area contributed by atoms with Gasteiger partial charge in [-0.25, -0.2) is 0 Å². The monoisotopic (exact) mass is 416 g/mol. The molecule has 5 heteroatoms. The molecule has 2 aliphatic rings. The summed E-state index contributed by atoms with van der Waals surface area (Å²) in [5.41, 5.74) is 3.84. The molecular formula is C24H33ClN2O2. The smallest absolute Gasteiger partial charge is 0.0724 e. The highest BCUT2D eigenvalue weighted by Gasteiger charge is 2.34. The van der Waals surface area contributed by atoms with Crippen LogP contribution in [0.1, 0.15) is 36.0 Å². The molecule has 1 saturated heterocycles. The third-order valence-corrected chi connectivity index (χ3v) is 6.08. The van der Waals surface area contributed by atoms with Crippen molar-refractivity contribution in [2.75, 3.05) is 19.8 Å². The van der Waals surface area contributed by atoms with Crippen LogP contribution in [0.25, 0.3) is 0 Å². The lowest BCUT2D eigenvalue weighted by Gasteiger charge is -2.33. The molecule has 1 aliphatic carbocycles. The number of hydrogen-bond acceptors (Lipinski definition) is 4. The maximum Gasteiger partial charge on any atom is 0.0724 e. The number of morpholine rings is 1. The molecule has 0 spiro atoms. The summed E-state index contributed by atoms with van der Waals surface area (Å²) in [6.07, 6.45) is 3.86. The highest BCUT2D eigenvalue weighted by atomic mass is 35.5. The molecule has 1 saturated carbocycles. The van der Waals surface area contributed by atoms with Gasteiger partial charge in [-0.05, 0) is 35.4 Å². The molecule has 3 unspecified atom stereocenters. The van der Waals surface area contributed by atoms with Gasteiger partial charge in [0.1, 0.15) is 0 Å². The summed E-state index contributed by atoms with van der Waals surface area (Å²) < 4.78 is 11.7. The van der Waals surface area contributed by atoms with Crippen LogP contribution in [-0.4, -0.2) is 31.8 Å². The lowest BCUT2D eigenvalue weighted by Crippen LogP contribution is -2.50. The van der Waals surface area contributed by atoms with E-state index in [1.165, 1.54) is 36.0 Å². The van der Waals surface area contributed by atoms with Gasteiger partial charge in [0.25, 0.3) is 0 Å². The van der Waals surface area contributed by atoms with Crippen LogP contribution in [-0.2, 0) is 29.2 Å². The molecule has 0 amide bonds. The molecule has 2 aromatic rings. The van der Waals surface area contributed by atoms with Crippen LogP contribution in [0.2, 0.25) is 0 Å². The van der Waals surface area contributed by atoms with E-state index in [1.54, 1.807) is 0 Å². The van der Waals surface area contributed by atoms with Gasteiger partial charge in [-0.15, -0.1) is 12.4 Å². The molecule has 0 aromatic heterocycles. The Hall–Kier alpha value is -1.43. The summed E-state index contributed by atoms with van der Waals surface area (Å²) in [6, 6.07) is 20.1. The fraction of sp³-hybridized carbons (Fsp3) is 0.500. The van der Waals surface area contributed by atoms with Gasteiger partial charge >= 0.3 is 0 Å². The van der Waals surface area contributed by atoms with Crippen LogP contribution in [0.3, 0.4) is 0 Å². The molecule has 0 bridgehead atoms. The van der Waals surface area contributed by atoms with Crippen LogP contribution in [0, 0.1) is 5.92 Å². The second kappa shape index (κ2) is 11.7. The third-order valence-electron chi connectivity index (χ3n) is 6.08. The van der Waals surface area contributed by atoms with Crippen molar-refractivity contribution in [3.63, 3.8) is 0 Å². The van der Waals surface area contributed by atoms with E-state index < -0.39 is 0 Å². The van der Waals surface area contributed by atoms with Crippen molar-refractivity contribution in [3.8, 4) is 0 Å². The molecule has 2 aromatic carbocycles. The third kappa shape index (κ3) is 6.27. The highest BCUT2D eigenvalue weighted by Crippen LogP contribution is 2.30. The number of hydrogen-bond donors (Lipinski definition) is 2. The number of benzene rings is 2. The first-order chi connectivity index (χ1) is 13.9. The van der Waals surface area contributed by atoms with E-state index in [-0.39, 0.29) is 12.4 Å². The van der Waals surface area contributed by atoms with Crippen molar-refractivity contribution in [1.82, 2.24) is 10.6 Å². The van der Waals surface area contributed by atoms with Gasteiger partial charge in [-0.1, -0.05) is 61.0 Å². The molecule has 2 fully saturated rings. The van der Waals surface area contributed by atoms with E-state index in [9.17, 15) is 0 Å². The second-order valence-electron chi connectivity index (χ2n) is 7.96. The average molecular weight is 417 g/mol. The van der Waals surface area contributed by atoms with Crippen LogP contribution in [0.4, 0.5) is 0 Å². The summed E-state index contributed by atoms with van der Waals surface area (Å²) >= 11 is 0. The maximum absolute atomic E-state index is 5.98. The quantitative estimate of drug-likeness (QED) is 0.680. The van der Waals surface area contributed by atoms with Gasteiger partial charge in [-0.3, -0.25) is 0 Å². The van der Waals surface area contributed by atoms with E-state index >= 15 is 0 Å². The van der Waals surface area contributed by atoms with Crippen LogP contribution >= 0.6 is 12.4 Å². The summed E-state index contributed by atoms with van der Waals surface area (Å²) in [4.78, 5) is 0. The average Bonchev–Trinajstić information content (AvgIpc) is 3.23. The minimum Gasteiger partial charge on any atom is -0.379 e. The zero-order valence-corrected chi connectivity index (χ0v) is 17.8. The van der Waals surface area contributed by atoms with E-state index in [0.29, 0.717) is 31.2 Å². The molecule has 4 nitrogen and oxygen atoms in total. The van der Waals surface area contributed by atoms with Gasteiger partial charge in [0, 0.05) is 25.2 Å². The Morgan fingerprint density at radius 1 is 0.966 bits per heavy atom. The molecule has 158 valence electrons. The zero-order valence-electron chi connectivity index (χ0n) is 17.0. The Balaban J connectivity index is 0.00000240. The fourth-order valence-electron chi connectivity index (χ4n) is 4.55. The van der Waals surface area contributed by atoms with Crippen molar-refractivity contribution in [1.29, 1.82) is 0 Å². The van der Waals surface area contributed by atoms with E-state index in [1.807, 2.05) is 6.07 Å². The fourth-order valence-corrected chi connectivity index (χ4v) is 4.55. The molecule has 1 heterocycles.